The average Bonchev–Trinajstić information content (AvgIpc) is 3.06. The molecule has 0 aliphatic heterocycles. The molecule has 4 nitrogen and oxygen atoms in total. The van der Waals surface area contributed by atoms with Crippen molar-refractivity contribution in [3.8, 4) is 0 Å². The van der Waals surface area contributed by atoms with Crippen LogP contribution in [0.15, 0.2) is 54.6 Å². The third kappa shape index (κ3) is 3.30. The molecule has 0 saturated carbocycles. The number of thiazole rings is 1. The number of carbonyl (C=O) groups is 2. The van der Waals surface area contributed by atoms with Gasteiger partial charge in [0.25, 0.3) is 5.91 Å². The molecule has 1 N–H and O–H groups in total. The molecule has 5 heteroatoms. The molecule has 2 aromatic carbocycles. The molecule has 1 aliphatic rings. The van der Waals surface area contributed by atoms with Gasteiger partial charge in [-0.25, -0.2) is 4.98 Å². The van der Waals surface area contributed by atoms with Crippen molar-refractivity contribution >= 4 is 28.2 Å². The van der Waals surface area contributed by atoms with Crippen LogP contribution in [-0.2, 0) is 6.42 Å². The van der Waals surface area contributed by atoms with Crippen molar-refractivity contribution in [2.45, 2.75) is 25.7 Å². The quantitative estimate of drug-likeness (QED) is 0.740. The Labute approximate surface area is 155 Å². The van der Waals surface area contributed by atoms with Crippen LogP contribution >= 0.6 is 11.3 Å². The molecule has 1 aromatic heterocycles. The molecule has 0 unspecified atom stereocenters. The summed E-state index contributed by atoms with van der Waals surface area (Å²) in [5.74, 6) is 0.0514. The summed E-state index contributed by atoms with van der Waals surface area (Å²) < 4.78 is 0. The second-order valence-corrected chi connectivity index (χ2v) is 7.55. The van der Waals surface area contributed by atoms with Gasteiger partial charge in [-0.15, -0.1) is 0 Å². The fraction of sp³-hybridized carbons (Fsp3) is 0.190. The Bertz CT molecular complexity index is 961. The number of hydrogen-bond donors (Lipinski definition) is 1. The summed E-state index contributed by atoms with van der Waals surface area (Å²) in [5.41, 5.74) is 3.63. The lowest BCUT2D eigenvalue weighted by Gasteiger charge is -2.20. The number of nitrogens with zero attached hydrogens (tertiary/aromatic N) is 1. The van der Waals surface area contributed by atoms with Crippen LogP contribution in [0.1, 0.15) is 49.2 Å². The predicted octanol–water partition coefficient (Wildman–Crippen LogP) is 4.62. The summed E-state index contributed by atoms with van der Waals surface area (Å²) >= 11 is 1.27. The molecule has 1 atom stereocenters. The molecule has 1 heterocycles. The Kier molecular flexibility index (Phi) is 4.39. The minimum atomic E-state index is -0.205. The first-order valence-corrected chi connectivity index (χ1v) is 9.37. The van der Waals surface area contributed by atoms with E-state index in [0.29, 0.717) is 22.0 Å². The highest BCUT2D eigenvalue weighted by Crippen LogP contribution is 2.36. The van der Waals surface area contributed by atoms with E-state index >= 15 is 0 Å². The Morgan fingerprint density at radius 2 is 1.81 bits per heavy atom. The second kappa shape index (κ2) is 6.84. The van der Waals surface area contributed by atoms with E-state index in [4.69, 9.17) is 0 Å². The number of carbonyl (C=O) groups excluding carboxylic acids is 2. The van der Waals surface area contributed by atoms with Gasteiger partial charge in [-0.05, 0) is 37.0 Å². The zero-order valence-corrected chi connectivity index (χ0v) is 15.2. The highest BCUT2D eigenvalue weighted by atomic mass is 32.1. The van der Waals surface area contributed by atoms with E-state index in [1.54, 1.807) is 12.1 Å². The van der Waals surface area contributed by atoms with Crippen molar-refractivity contribution in [2.75, 3.05) is 5.32 Å². The van der Waals surface area contributed by atoms with E-state index in [0.717, 1.165) is 23.2 Å². The van der Waals surface area contributed by atoms with Gasteiger partial charge in [-0.1, -0.05) is 59.4 Å². The van der Waals surface area contributed by atoms with Crippen LogP contribution in [0.5, 0.6) is 0 Å². The van der Waals surface area contributed by atoms with Gasteiger partial charge in [0, 0.05) is 12.0 Å². The molecule has 1 aliphatic carbocycles. The molecule has 26 heavy (non-hydrogen) atoms. The molecule has 130 valence electrons. The third-order valence-corrected chi connectivity index (χ3v) is 5.68. The van der Waals surface area contributed by atoms with Crippen molar-refractivity contribution in [2.24, 2.45) is 0 Å². The number of aromatic nitrogens is 1. The second-order valence-electron chi connectivity index (χ2n) is 6.55. The maximum Gasteiger partial charge on any atom is 0.257 e. The van der Waals surface area contributed by atoms with Crippen LogP contribution in [0.3, 0.4) is 0 Å². The summed E-state index contributed by atoms with van der Waals surface area (Å²) in [4.78, 5) is 30.1. The number of hydrogen-bond acceptors (Lipinski definition) is 4. The van der Waals surface area contributed by atoms with Crippen molar-refractivity contribution in [1.29, 1.82) is 0 Å². The van der Waals surface area contributed by atoms with E-state index in [2.05, 4.69) is 22.4 Å². The normalized spacial score (nSPS) is 16.2. The molecule has 1 amide bonds. The van der Waals surface area contributed by atoms with E-state index in [1.807, 2.05) is 37.3 Å². The van der Waals surface area contributed by atoms with Crippen molar-refractivity contribution in [3.05, 3.63) is 81.9 Å². The number of ketones is 1. The molecular weight excluding hydrogens is 344 g/mol. The summed E-state index contributed by atoms with van der Waals surface area (Å²) in [7, 11) is 0. The van der Waals surface area contributed by atoms with E-state index in [9.17, 15) is 9.59 Å². The topological polar surface area (TPSA) is 59.1 Å². The lowest BCUT2D eigenvalue weighted by molar-refractivity contribution is 0.0967. The van der Waals surface area contributed by atoms with Crippen LogP contribution in [0, 0.1) is 6.92 Å². The standard InChI is InChI=1S/C21H18N2O2S/c1-13-7-9-15(10-8-13)20(25)23-21-22-17-11-16(12-18(24)19(17)26-21)14-5-3-2-4-6-14/h2-10,16H,11-12H2,1H3,(H,22,23,25)/t16-/m1/s1. The Balaban J connectivity index is 1.54. The Hall–Kier alpha value is -2.79. The summed E-state index contributed by atoms with van der Waals surface area (Å²) in [6.45, 7) is 1.98. The Morgan fingerprint density at radius 1 is 1.08 bits per heavy atom. The number of anilines is 1. The van der Waals surface area contributed by atoms with Crippen LogP contribution in [0.25, 0.3) is 0 Å². The van der Waals surface area contributed by atoms with Crippen LogP contribution < -0.4 is 5.32 Å². The van der Waals surface area contributed by atoms with Crippen LogP contribution in [0.2, 0.25) is 0 Å². The first-order valence-electron chi connectivity index (χ1n) is 8.56. The molecule has 0 radical (unpaired) electrons. The summed E-state index contributed by atoms with van der Waals surface area (Å²) in [5, 5.41) is 3.31. The van der Waals surface area contributed by atoms with Gasteiger partial charge in [0.15, 0.2) is 10.9 Å². The third-order valence-electron chi connectivity index (χ3n) is 4.63. The highest BCUT2D eigenvalue weighted by molar-refractivity contribution is 7.17. The molecule has 0 fully saturated rings. The zero-order chi connectivity index (χ0) is 18.1. The average molecular weight is 362 g/mol. The van der Waals surface area contributed by atoms with Gasteiger partial charge in [0.05, 0.1) is 10.6 Å². The van der Waals surface area contributed by atoms with E-state index < -0.39 is 0 Å². The first kappa shape index (κ1) is 16.7. The Morgan fingerprint density at radius 3 is 2.54 bits per heavy atom. The molecular formula is C21H18N2O2S. The number of fused-ring (bicyclic) bond motifs is 1. The number of aryl methyl sites for hydroxylation is 1. The lowest BCUT2D eigenvalue weighted by Crippen LogP contribution is -2.17. The largest absolute Gasteiger partial charge is 0.298 e. The fourth-order valence-corrected chi connectivity index (χ4v) is 4.16. The highest BCUT2D eigenvalue weighted by Gasteiger charge is 2.30. The van der Waals surface area contributed by atoms with Gasteiger partial charge in [0.2, 0.25) is 0 Å². The van der Waals surface area contributed by atoms with Gasteiger partial charge in [-0.2, -0.15) is 0 Å². The molecule has 0 bridgehead atoms. The summed E-state index contributed by atoms with van der Waals surface area (Å²) in [6.07, 6.45) is 1.21. The predicted molar refractivity (Wildman–Crippen MR) is 103 cm³/mol. The molecule has 0 saturated heterocycles. The minimum Gasteiger partial charge on any atom is -0.298 e. The number of benzene rings is 2. The van der Waals surface area contributed by atoms with Gasteiger partial charge >= 0.3 is 0 Å². The minimum absolute atomic E-state index is 0.105. The van der Waals surface area contributed by atoms with Gasteiger partial charge < -0.3 is 0 Å². The van der Waals surface area contributed by atoms with E-state index in [-0.39, 0.29) is 17.6 Å². The molecule has 0 spiro atoms. The monoisotopic (exact) mass is 362 g/mol. The van der Waals surface area contributed by atoms with Crippen molar-refractivity contribution in [3.63, 3.8) is 0 Å². The maximum absolute atomic E-state index is 12.5. The first-order chi connectivity index (χ1) is 12.6. The number of rotatable bonds is 3. The van der Waals surface area contributed by atoms with E-state index in [1.165, 1.54) is 11.3 Å². The zero-order valence-electron chi connectivity index (χ0n) is 14.4. The van der Waals surface area contributed by atoms with Crippen molar-refractivity contribution in [1.82, 2.24) is 4.98 Å². The number of Topliss-reactive ketones (excluding diaryl/α,β-unsaturated/α-hetero) is 1. The van der Waals surface area contributed by atoms with Gasteiger partial charge in [0.1, 0.15) is 0 Å². The summed E-state index contributed by atoms with van der Waals surface area (Å²) in [6, 6.07) is 17.4. The van der Waals surface area contributed by atoms with Crippen LogP contribution in [-0.4, -0.2) is 16.7 Å². The lowest BCUT2D eigenvalue weighted by atomic mass is 9.85. The maximum atomic E-state index is 12.5. The molecule has 3 aromatic rings. The molecule has 4 rings (SSSR count). The number of amides is 1. The fourth-order valence-electron chi connectivity index (χ4n) is 3.22. The van der Waals surface area contributed by atoms with Crippen molar-refractivity contribution < 1.29 is 9.59 Å². The number of nitrogens with one attached hydrogen (secondary N) is 1. The van der Waals surface area contributed by atoms with Gasteiger partial charge in [-0.3, -0.25) is 14.9 Å². The smallest absolute Gasteiger partial charge is 0.257 e. The SMILES string of the molecule is Cc1ccc(C(=O)Nc2nc3c(s2)C(=O)C[C@H](c2ccccc2)C3)cc1. The van der Waals surface area contributed by atoms with Crippen LogP contribution in [0.4, 0.5) is 5.13 Å².